The Morgan fingerprint density at radius 1 is 1.50 bits per heavy atom. The minimum absolute atomic E-state index is 0.00413. The van der Waals surface area contributed by atoms with E-state index in [0.717, 1.165) is 0 Å². The Morgan fingerprint density at radius 2 is 2.25 bits per heavy atom. The molecule has 0 saturated heterocycles. The number of carbonyl (C=O) groups excluding carboxylic acids is 1. The summed E-state index contributed by atoms with van der Waals surface area (Å²) in [4.78, 5) is 11.4. The molecular formula is C11H10O7S2. The summed E-state index contributed by atoms with van der Waals surface area (Å²) in [5.74, 6) is -0.318. The number of benzene rings is 1. The molecule has 0 fully saturated rings. The van der Waals surface area contributed by atoms with Crippen molar-refractivity contribution < 1.29 is 31.3 Å². The Kier molecular flexibility index (Phi) is 2.98. The summed E-state index contributed by atoms with van der Waals surface area (Å²) in [6.07, 6.45) is 0. The van der Waals surface area contributed by atoms with Gasteiger partial charge in [0.2, 0.25) is 18.3 Å². The molecule has 20 heavy (non-hydrogen) atoms. The van der Waals surface area contributed by atoms with E-state index in [1.165, 1.54) is 6.07 Å². The molecule has 0 aromatic carbocycles. The molecule has 2 bridgehead atoms. The zero-order chi connectivity index (χ0) is 14.5. The fourth-order valence-corrected chi connectivity index (χ4v) is 3.00. The van der Waals surface area contributed by atoms with Gasteiger partial charge in [-0.3, -0.25) is 4.79 Å². The topological polar surface area (TPSA) is 92.0 Å². The van der Waals surface area contributed by atoms with E-state index < -0.39 is 16.1 Å². The predicted molar refractivity (Wildman–Crippen MR) is 69.8 cm³/mol. The van der Waals surface area contributed by atoms with Crippen LogP contribution in [0.3, 0.4) is 0 Å². The van der Waals surface area contributed by atoms with Crippen molar-refractivity contribution in [3.63, 3.8) is 0 Å². The predicted octanol–water partition coefficient (Wildman–Crippen LogP) is 1.40. The molecular weight excluding hydrogens is 308 g/mol. The molecule has 1 aliphatic heterocycles. The van der Waals surface area contributed by atoms with Crippen molar-refractivity contribution in [1.82, 2.24) is 0 Å². The van der Waals surface area contributed by atoms with Crippen LogP contribution in [-0.4, -0.2) is 26.9 Å². The van der Waals surface area contributed by atoms with Crippen LogP contribution in [-0.2, 0) is 19.6 Å². The third kappa shape index (κ3) is 1.88. The summed E-state index contributed by atoms with van der Waals surface area (Å²) in [5.41, 5.74) is 0.370. The minimum atomic E-state index is -3.80. The molecule has 2 aromatic rings. The second kappa shape index (κ2) is 4.45. The average Bonchev–Trinajstić information content (AvgIpc) is 3.01. The summed E-state index contributed by atoms with van der Waals surface area (Å²) < 4.78 is 43.2. The first-order valence-corrected chi connectivity index (χ1v) is 7.71. The van der Waals surface area contributed by atoms with Gasteiger partial charge in [0.1, 0.15) is 0 Å². The van der Waals surface area contributed by atoms with Crippen LogP contribution in [0.1, 0.15) is 6.92 Å². The molecule has 0 N–H and O–H groups in total. The SMILES string of the molecule is CC(CS)C(=O)OCOc1c2c3oc1cc3S(=O)(=O)O2. The standard InChI is InChI=1S/C11H10O7S2/c1-5(3-19)11(12)16-4-15-8-6-2-7-9(17-6)10(8)18-20(7,13)14/h2,5,19H,3-4H2,1H3. The number of hydrogen-bond acceptors (Lipinski definition) is 8. The van der Waals surface area contributed by atoms with Gasteiger partial charge in [0.05, 0.1) is 5.92 Å². The van der Waals surface area contributed by atoms with E-state index in [0.29, 0.717) is 5.75 Å². The lowest BCUT2D eigenvalue weighted by atomic mass is 10.2. The van der Waals surface area contributed by atoms with Crippen molar-refractivity contribution in [3.8, 4) is 11.5 Å². The zero-order valence-electron chi connectivity index (χ0n) is 10.3. The van der Waals surface area contributed by atoms with E-state index >= 15 is 0 Å². The highest BCUT2D eigenvalue weighted by molar-refractivity contribution is 7.87. The molecule has 2 aromatic heterocycles. The van der Waals surface area contributed by atoms with Crippen molar-refractivity contribution >= 4 is 39.9 Å². The Morgan fingerprint density at radius 3 is 2.95 bits per heavy atom. The lowest BCUT2D eigenvalue weighted by Crippen LogP contribution is -2.18. The maximum absolute atomic E-state index is 11.5. The van der Waals surface area contributed by atoms with Gasteiger partial charge in [0, 0.05) is 11.8 Å². The van der Waals surface area contributed by atoms with Crippen LogP contribution >= 0.6 is 12.6 Å². The number of hydrogen-bond donors (Lipinski definition) is 1. The van der Waals surface area contributed by atoms with Crippen LogP contribution in [0.2, 0.25) is 0 Å². The molecule has 0 amide bonds. The number of rotatable bonds is 5. The second-order valence-corrected chi connectivity index (χ2v) is 6.19. The number of fused-ring (bicyclic) bond motifs is 1. The fraction of sp³-hybridized carbons (Fsp3) is 0.364. The molecule has 0 aliphatic carbocycles. The van der Waals surface area contributed by atoms with E-state index in [1.807, 2.05) is 0 Å². The first kappa shape index (κ1) is 13.4. The molecule has 0 radical (unpaired) electrons. The second-order valence-electron chi connectivity index (χ2n) is 4.31. The minimum Gasteiger partial charge on any atom is -0.449 e. The number of esters is 1. The molecule has 7 nitrogen and oxygen atoms in total. The smallest absolute Gasteiger partial charge is 0.343 e. The normalized spacial score (nSPS) is 17.1. The van der Waals surface area contributed by atoms with Gasteiger partial charge in [0.15, 0.2) is 16.1 Å². The van der Waals surface area contributed by atoms with Crippen LogP contribution in [0.4, 0.5) is 0 Å². The van der Waals surface area contributed by atoms with Crippen molar-refractivity contribution in [2.24, 2.45) is 5.92 Å². The molecule has 3 rings (SSSR count). The Hall–Kier alpha value is -1.61. The average molecular weight is 318 g/mol. The van der Waals surface area contributed by atoms with Gasteiger partial charge in [-0.25, -0.2) is 0 Å². The first-order valence-electron chi connectivity index (χ1n) is 5.67. The quantitative estimate of drug-likeness (QED) is 0.385. The van der Waals surface area contributed by atoms with Crippen molar-refractivity contribution in [2.75, 3.05) is 12.5 Å². The maximum atomic E-state index is 11.5. The molecule has 0 saturated carbocycles. The highest BCUT2D eigenvalue weighted by Gasteiger charge is 2.40. The van der Waals surface area contributed by atoms with Crippen LogP contribution < -0.4 is 8.92 Å². The molecule has 1 atom stereocenters. The van der Waals surface area contributed by atoms with Gasteiger partial charge in [0.25, 0.3) is 0 Å². The van der Waals surface area contributed by atoms with Crippen LogP contribution in [0.25, 0.3) is 11.2 Å². The van der Waals surface area contributed by atoms with E-state index in [2.05, 4.69) is 12.6 Å². The Labute approximate surface area is 119 Å². The molecule has 1 unspecified atom stereocenters. The molecule has 0 spiro atoms. The number of thiol groups is 1. The third-order valence-corrected chi connectivity index (χ3v) is 4.65. The van der Waals surface area contributed by atoms with Crippen molar-refractivity contribution in [2.45, 2.75) is 11.8 Å². The zero-order valence-corrected chi connectivity index (χ0v) is 12.0. The number of furan rings is 2. The lowest BCUT2D eigenvalue weighted by molar-refractivity contribution is -0.153. The lowest BCUT2D eigenvalue weighted by Gasteiger charge is -2.09. The van der Waals surface area contributed by atoms with Crippen molar-refractivity contribution in [1.29, 1.82) is 0 Å². The van der Waals surface area contributed by atoms with E-state index in [-0.39, 0.29) is 40.3 Å². The van der Waals surface area contributed by atoms with Gasteiger partial charge in [-0.1, -0.05) is 6.92 Å². The summed E-state index contributed by atoms with van der Waals surface area (Å²) >= 11 is 3.98. The number of ether oxygens (including phenoxy) is 2. The van der Waals surface area contributed by atoms with Crippen LogP contribution in [0.15, 0.2) is 15.4 Å². The summed E-state index contributed by atoms with van der Waals surface area (Å²) in [5, 5.41) is 0. The summed E-state index contributed by atoms with van der Waals surface area (Å²) in [7, 11) is -3.80. The van der Waals surface area contributed by atoms with E-state index in [9.17, 15) is 13.2 Å². The van der Waals surface area contributed by atoms with Gasteiger partial charge in [-0.05, 0) is 0 Å². The van der Waals surface area contributed by atoms with E-state index in [4.69, 9.17) is 18.1 Å². The first-order chi connectivity index (χ1) is 9.44. The monoisotopic (exact) mass is 318 g/mol. The van der Waals surface area contributed by atoms with E-state index in [1.54, 1.807) is 6.92 Å². The maximum Gasteiger partial charge on any atom is 0.343 e. The highest BCUT2D eigenvalue weighted by atomic mass is 32.2. The molecule has 108 valence electrons. The van der Waals surface area contributed by atoms with Gasteiger partial charge in [-0.15, -0.1) is 0 Å². The molecule has 1 aliphatic rings. The highest BCUT2D eigenvalue weighted by Crippen LogP contribution is 2.51. The Bertz CT molecular complexity index is 761. The largest absolute Gasteiger partial charge is 0.449 e. The van der Waals surface area contributed by atoms with Crippen LogP contribution in [0, 0.1) is 5.92 Å². The van der Waals surface area contributed by atoms with Gasteiger partial charge in [-0.2, -0.15) is 21.0 Å². The molecule has 3 heterocycles. The Balaban J connectivity index is 1.71. The fourth-order valence-electron chi connectivity index (χ4n) is 1.78. The summed E-state index contributed by atoms with van der Waals surface area (Å²) in [6, 6.07) is 1.31. The number of carbonyl (C=O) groups is 1. The van der Waals surface area contributed by atoms with Crippen molar-refractivity contribution in [3.05, 3.63) is 6.07 Å². The van der Waals surface area contributed by atoms with Crippen LogP contribution in [0.5, 0.6) is 11.5 Å². The molecule has 9 heteroatoms. The summed E-state index contributed by atoms with van der Waals surface area (Å²) in [6.45, 7) is 1.31. The third-order valence-electron chi connectivity index (χ3n) is 2.88. The van der Waals surface area contributed by atoms with Gasteiger partial charge >= 0.3 is 16.1 Å². The van der Waals surface area contributed by atoms with Gasteiger partial charge < -0.3 is 18.1 Å².